The van der Waals surface area contributed by atoms with E-state index in [2.05, 4.69) is 13.8 Å². The zero-order valence-corrected chi connectivity index (χ0v) is 22.0. The maximum atomic E-state index is 12.1. The van der Waals surface area contributed by atoms with Crippen molar-refractivity contribution in [2.24, 2.45) is 5.92 Å². The van der Waals surface area contributed by atoms with Gasteiger partial charge in [-0.05, 0) is 12.3 Å². The van der Waals surface area contributed by atoms with Crippen molar-refractivity contribution < 1.29 is 23.9 Å². The number of aliphatic carboxylic acids is 1. The summed E-state index contributed by atoms with van der Waals surface area (Å²) in [5.74, 6) is -0.474. The van der Waals surface area contributed by atoms with Crippen LogP contribution in [0.2, 0.25) is 0 Å². The quantitative estimate of drug-likeness (QED) is 0.108. The van der Waals surface area contributed by atoms with E-state index in [4.69, 9.17) is 9.84 Å². The average molecular weight is 457 g/mol. The third-order valence-corrected chi connectivity index (χ3v) is 6.08. The molecule has 0 heterocycles. The van der Waals surface area contributed by atoms with Crippen LogP contribution < -0.4 is 0 Å². The van der Waals surface area contributed by atoms with Crippen molar-refractivity contribution in [2.75, 3.05) is 27.7 Å². The molecule has 0 rings (SSSR count). The highest BCUT2D eigenvalue weighted by atomic mass is 16.5. The monoisotopic (exact) mass is 456 g/mol. The first-order chi connectivity index (χ1) is 15.1. The van der Waals surface area contributed by atoms with E-state index >= 15 is 0 Å². The van der Waals surface area contributed by atoms with Gasteiger partial charge in [0, 0.05) is 6.42 Å². The fourth-order valence-corrected chi connectivity index (χ4v) is 4.26. The van der Waals surface area contributed by atoms with Crippen LogP contribution in [-0.2, 0) is 14.3 Å². The van der Waals surface area contributed by atoms with Crippen molar-refractivity contribution in [1.82, 2.24) is 0 Å². The smallest absolute Gasteiger partial charge is 0.307 e. The Kier molecular flexibility index (Phi) is 18.7. The maximum absolute atomic E-state index is 12.1. The minimum Gasteiger partial charge on any atom is -0.481 e. The number of esters is 1. The molecule has 0 aliphatic rings. The third-order valence-electron chi connectivity index (χ3n) is 6.08. The van der Waals surface area contributed by atoms with Crippen molar-refractivity contribution in [3.63, 3.8) is 0 Å². The first-order valence-electron chi connectivity index (χ1n) is 13.4. The Bertz CT molecular complexity index is 473. The van der Waals surface area contributed by atoms with Crippen LogP contribution >= 0.6 is 0 Å². The minimum atomic E-state index is -0.924. The molecule has 5 nitrogen and oxygen atoms in total. The second-order valence-electron chi connectivity index (χ2n) is 10.9. The normalized spacial score (nSPS) is 13.7. The third kappa shape index (κ3) is 22.1. The van der Waals surface area contributed by atoms with Crippen molar-refractivity contribution >= 4 is 11.9 Å². The van der Waals surface area contributed by atoms with Gasteiger partial charge in [0.2, 0.25) is 0 Å². The van der Waals surface area contributed by atoms with Crippen LogP contribution in [0.5, 0.6) is 0 Å². The summed E-state index contributed by atoms with van der Waals surface area (Å²) in [6, 6.07) is 0. The van der Waals surface area contributed by atoms with E-state index in [1.54, 1.807) is 0 Å². The molecule has 0 spiro atoms. The summed E-state index contributed by atoms with van der Waals surface area (Å²) in [7, 11) is 5.92. The van der Waals surface area contributed by atoms with Gasteiger partial charge in [-0.1, -0.05) is 104 Å². The highest BCUT2D eigenvalue weighted by Crippen LogP contribution is 2.18. The Morgan fingerprint density at radius 1 is 0.781 bits per heavy atom. The van der Waals surface area contributed by atoms with Crippen LogP contribution in [0.25, 0.3) is 0 Å². The molecule has 0 aromatic heterocycles. The van der Waals surface area contributed by atoms with Crippen LogP contribution in [0.1, 0.15) is 123 Å². The molecule has 0 aromatic rings. The molecule has 1 N–H and O–H groups in total. The zero-order valence-electron chi connectivity index (χ0n) is 22.0. The van der Waals surface area contributed by atoms with Crippen LogP contribution in [0, 0.1) is 5.92 Å². The molecule has 2 atom stereocenters. The molecule has 0 fully saturated rings. The van der Waals surface area contributed by atoms with Gasteiger partial charge in [-0.3, -0.25) is 9.59 Å². The molecule has 2 unspecified atom stereocenters. The number of carboxylic acids is 1. The largest absolute Gasteiger partial charge is 0.481 e. The van der Waals surface area contributed by atoms with Gasteiger partial charge in [0.05, 0.1) is 27.6 Å². The predicted octanol–water partition coefficient (Wildman–Crippen LogP) is 6.98. The molecule has 5 heteroatoms. The molecule has 0 radical (unpaired) electrons. The number of unbranched alkanes of at least 4 members (excludes halogenated alkanes) is 11. The topological polar surface area (TPSA) is 63.6 Å². The van der Waals surface area contributed by atoms with E-state index in [-0.39, 0.29) is 12.4 Å². The van der Waals surface area contributed by atoms with Gasteiger partial charge >= 0.3 is 11.9 Å². The van der Waals surface area contributed by atoms with E-state index in [0.29, 0.717) is 23.4 Å². The Labute approximate surface area is 198 Å². The molecule has 0 aliphatic carbocycles. The van der Waals surface area contributed by atoms with Gasteiger partial charge in [-0.25, -0.2) is 0 Å². The number of carbonyl (C=O) groups excluding carboxylic acids is 1. The standard InChI is InChI=1S/C27H53NO4/c1-6-7-8-9-10-11-12-13-14-15-16-19-24(2)20-17-18-21-27(31)32-25(22-26(29)30)23-28(3,4)5/h24-25H,6-23H2,1-5H3/p+1. The molecule has 0 aliphatic heterocycles. The summed E-state index contributed by atoms with van der Waals surface area (Å²) < 4.78 is 6.02. The lowest BCUT2D eigenvalue weighted by atomic mass is 9.96. The first-order valence-corrected chi connectivity index (χ1v) is 13.4. The lowest BCUT2D eigenvalue weighted by molar-refractivity contribution is -0.873. The SMILES string of the molecule is CCCCCCCCCCCCCC(C)CCCCC(=O)OC(CC(=O)O)C[N+](C)(C)C. The summed E-state index contributed by atoms with van der Waals surface area (Å²) in [5.41, 5.74) is 0. The molecule has 0 saturated heterocycles. The van der Waals surface area contributed by atoms with Crippen LogP contribution in [-0.4, -0.2) is 55.3 Å². The Morgan fingerprint density at radius 2 is 1.25 bits per heavy atom. The van der Waals surface area contributed by atoms with E-state index in [1.807, 2.05) is 21.1 Å². The van der Waals surface area contributed by atoms with Crippen molar-refractivity contribution in [3.8, 4) is 0 Å². The number of hydrogen-bond donors (Lipinski definition) is 1. The van der Waals surface area contributed by atoms with Gasteiger partial charge < -0.3 is 14.3 Å². The van der Waals surface area contributed by atoms with E-state index in [0.717, 1.165) is 19.3 Å². The number of ether oxygens (including phenoxy) is 1. The lowest BCUT2D eigenvalue weighted by Crippen LogP contribution is -2.43. The van der Waals surface area contributed by atoms with Gasteiger partial charge in [-0.15, -0.1) is 0 Å². The number of quaternary nitrogens is 1. The number of hydrogen-bond acceptors (Lipinski definition) is 3. The van der Waals surface area contributed by atoms with Gasteiger partial charge in [0.1, 0.15) is 6.54 Å². The van der Waals surface area contributed by atoms with E-state index in [9.17, 15) is 9.59 Å². The molecule has 0 aromatic carbocycles. The molecule has 32 heavy (non-hydrogen) atoms. The fraction of sp³-hybridized carbons (Fsp3) is 0.926. The van der Waals surface area contributed by atoms with Crippen molar-refractivity contribution in [3.05, 3.63) is 0 Å². The molecule has 0 bridgehead atoms. The van der Waals surface area contributed by atoms with Gasteiger partial charge in [0.15, 0.2) is 6.10 Å². The molecule has 0 saturated carbocycles. The summed E-state index contributed by atoms with van der Waals surface area (Å²) >= 11 is 0. The summed E-state index contributed by atoms with van der Waals surface area (Å²) in [6.45, 7) is 5.10. The fourth-order valence-electron chi connectivity index (χ4n) is 4.26. The summed E-state index contributed by atoms with van der Waals surface area (Å²) in [6.07, 6.45) is 19.2. The molecular formula is C27H54NO4+. The predicted molar refractivity (Wildman–Crippen MR) is 134 cm³/mol. The Morgan fingerprint density at radius 3 is 1.72 bits per heavy atom. The van der Waals surface area contributed by atoms with Crippen LogP contribution in [0.4, 0.5) is 0 Å². The first kappa shape index (κ1) is 30.9. The maximum Gasteiger partial charge on any atom is 0.307 e. The number of rotatable bonds is 22. The van der Waals surface area contributed by atoms with E-state index < -0.39 is 12.1 Å². The average Bonchev–Trinajstić information content (AvgIpc) is 2.67. The molecule has 0 amide bonds. The molecular weight excluding hydrogens is 402 g/mol. The second kappa shape index (κ2) is 19.4. The van der Waals surface area contributed by atoms with Crippen LogP contribution in [0.3, 0.4) is 0 Å². The number of carbonyl (C=O) groups is 2. The zero-order chi connectivity index (χ0) is 24.2. The molecule has 190 valence electrons. The van der Waals surface area contributed by atoms with Gasteiger partial charge in [0.25, 0.3) is 0 Å². The number of carboxylic acid groups (broad SMARTS) is 1. The van der Waals surface area contributed by atoms with Crippen molar-refractivity contribution in [2.45, 2.75) is 129 Å². The van der Waals surface area contributed by atoms with Crippen molar-refractivity contribution in [1.29, 1.82) is 0 Å². The van der Waals surface area contributed by atoms with Crippen LogP contribution in [0.15, 0.2) is 0 Å². The Hall–Kier alpha value is -1.10. The summed E-state index contributed by atoms with van der Waals surface area (Å²) in [5, 5.41) is 9.05. The highest BCUT2D eigenvalue weighted by molar-refractivity contribution is 5.71. The van der Waals surface area contributed by atoms with Gasteiger partial charge in [-0.2, -0.15) is 0 Å². The lowest BCUT2D eigenvalue weighted by Gasteiger charge is -2.28. The summed E-state index contributed by atoms with van der Waals surface area (Å²) in [4.78, 5) is 23.2. The minimum absolute atomic E-state index is 0.128. The van der Waals surface area contributed by atoms with E-state index in [1.165, 1.54) is 77.0 Å². The number of likely N-dealkylation sites (N-methyl/N-ethyl adjacent to an activating group) is 1. The highest BCUT2D eigenvalue weighted by Gasteiger charge is 2.24. The second-order valence-corrected chi connectivity index (χ2v) is 10.9. The Balaban J connectivity index is 3.69. The number of nitrogens with zero attached hydrogens (tertiary/aromatic N) is 1.